The van der Waals surface area contributed by atoms with Crippen LogP contribution >= 0.6 is 0 Å². The van der Waals surface area contributed by atoms with Crippen molar-refractivity contribution in [3.05, 3.63) is 23.3 Å². The highest BCUT2D eigenvalue weighted by Gasteiger charge is 1.98. The average molecular weight is 196 g/mol. The normalized spacial score (nSPS) is 14.5. The van der Waals surface area contributed by atoms with E-state index in [1.165, 1.54) is 17.6 Å². The van der Waals surface area contributed by atoms with E-state index in [4.69, 9.17) is 0 Å². The van der Waals surface area contributed by atoms with Crippen molar-refractivity contribution < 1.29 is 0 Å². The van der Waals surface area contributed by atoms with Crippen molar-refractivity contribution in [2.45, 2.75) is 61.3 Å². The lowest BCUT2D eigenvalue weighted by Gasteiger charge is -2.07. The van der Waals surface area contributed by atoms with Gasteiger partial charge in [0.1, 0.15) is 0 Å². The topological polar surface area (TPSA) is 0 Å². The first-order valence-electron chi connectivity index (χ1n) is 5.95. The zero-order chi connectivity index (χ0) is 11.6. The molecule has 0 aromatic rings. The maximum atomic E-state index is 2.28. The fraction of sp³-hybridized carbons (Fsp3) is 0.714. The Balaban J connectivity index is 0. The summed E-state index contributed by atoms with van der Waals surface area (Å²) >= 11 is 0. The Hall–Kier alpha value is -0.520. The highest BCUT2D eigenvalue weighted by molar-refractivity contribution is 5.16. The Kier molecular flexibility index (Phi) is 12.0. The molecule has 0 aliphatic carbocycles. The van der Waals surface area contributed by atoms with Crippen LogP contribution in [-0.2, 0) is 0 Å². The van der Waals surface area contributed by atoms with Gasteiger partial charge < -0.3 is 0 Å². The van der Waals surface area contributed by atoms with Gasteiger partial charge in [0.2, 0.25) is 0 Å². The first-order chi connectivity index (χ1) is 6.61. The largest absolute Gasteiger partial charge is 0.0736 e. The van der Waals surface area contributed by atoms with Gasteiger partial charge in [-0.1, -0.05) is 57.9 Å². The number of hydrogen-bond acceptors (Lipinski definition) is 0. The number of rotatable bonds is 4. The summed E-state index contributed by atoms with van der Waals surface area (Å²) < 4.78 is 0. The van der Waals surface area contributed by atoms with Crippen LogP contribution in [0.2, 0.25) is 0 Å². The second-order valence-electron chi connectivity index (χ2n) is 3.59. The third-order valence-corrected chi connectivity index (χ3v) is 2.58. The van der Waals surface area contributed by atoms with Crippen LogP contribution in [0.5, 0.6) is 0 Å². The minimum absolute atomic E-state index is 0.728. The predicted molar refractivity (Wildman–Crippen MR) is 68.6 cm³/mol. The van der Waals surface area contributed by atoms with E-state index in [1.54, 1.807) is 0 Å². The molecule has 0 aromatic carbocycles. The van der Waals surface area contributed by atoms with Crippen LogP contribution in [0, 0.1) is 5.92 Å². The van der Waals surface area contributed by atoms with Gasteiger partial charge in [-0.3, -0.25) is 0 Å². The minimum Gasteiger partial charge on any atom is -0.0736 e. The molecule has 0 heterocycles. The maximum Gasteiger partial charge on any atom is -0.0234 e. The Morgan fingerprint density at radius 2 is 1.57 bits per heavy atom. The van der Waals surface area contributed by atoms with Crippen LogP contribution in [0.1, 0.15) is 61.3 Å². The fourth-order valence-electron chi connectivity index (χ4n) is 0.878. The molecule has 84 valence electrons. The van der Waals surface area contributed by atoms with Crippen LogP contribution < -0.4 is 0 Å². The van der Waals surface area contributed by atoms with Crippen LogP contribution in [0.4, 0.5) is 0 Å². The molecule has 0 saturated carbocycles. The van der Waals surface area contributed by atoms with E-state index in [-0.39, 0.29) is 0 Å². The minimum atomic E-state index is 0.728. The van der Waals surface area contributed by atoms with Gasteiger partial charge >= 0.3 is 0 Å². The predicted octanol–water partition coefficient (Wildman–Crippen LogP) is 5.36. The second-order valence-corrected chi connectivity index (χ2v) is 3.59. The first kappa shape index (κ1) is 15.9. The quantitative estimate of drug-likeness (QED) is 0.531. The van der Waals surface area contributed by atoms with Gasteiger partial charge in [-0.05, 0) is 32.6 Å². The summed E-state index contributed by atoms with van der Waals surface area (Å²) in [4.78, 5) is 0. The molecule has 0 saturated heterocycles. The zero-order valence-electron chi connectivity index (χ0n) is 11.1. The van der Waals surface area contributed by atoms with Crippen molar-refractivity contribution in [3.63, 3.8) is 0 Å². The lowest BCUT2D eigenvalue weighted by Crippen LogP contribution is -1.92. The zero-order valence-corrected chi connectivity index (χ0v) is 11.1. The molecule has 14 heavy (non-hydrogen) atoms. The van der Waals surface area contributed by atoms with E-state index in [0.717, 1.165) is 12.3 Å². The highest BCUT2D eigenvalue weighted by atomic mass is 14.0. The van der Waals surface area contributed by atoms with Gasteiger partial charge in [-0.2, -0.15) is 0 Å². The van der Waals surface area contributed by atoms with Crippen molar-refractivity contribution in [3.8, 4) is 0 Å². The maximum absolute atomic E-state index is 2.28. The summed E-state index contributed by atoms with van der Waals surface area (Å²) in [6, 6.07) is 0. The Labute approximate surface area is 91.1 Å². The first-order valence-corrected chi connectivity index (χ1v) is 5.95. The van der Waals surface area contributed by atoms with Gasteiger partial charge in [0.15, 0.2) is 0 Å². The van der Waals surface area contributed by atoms with Crippen molar-refractivity contribution >= 4 is 0 Å². The van der Waals surface area contributed by atoms with Gasteiger partial charge in [-0.25, -0.2) is 0 Å². The van der Waals surface area contributed by atoms with E-state index in [2.05, 4.69) is 46.8 Å². The molecular formula is C14H28. The number of hydrogen-bond donors (Lipinski definition) is 0. The van der Waals surface area contributed by atoms with E-state index in [1.807, 2.05) is 13.8 Å². The van der Waals surface area contributed by atoms with Gasteiger partial charge in [0.05, 0.1) is 0 Å². The number of allylic oxidation sites excluding steroid dienone is 4. The summed E-state index contributed by atoms with van der Waals surface area (Å²) in [5.74, 6) is 0.728. The average Bonchev–Trinajstić information content (AvgIpc) is 2.26. The van der Waals surface area contributed by atoms with Gasteiger partial charge in [0, 0.05) is 0 Å². The summed E-state index contributed by atoms with van der Waals surface area (Å²) in [7, 11) is 0. The molecule has 1 unspecified atom stereocenters. The smallest absolute Gasteiger partial charge is 0.0234 e. The van der Waals surface area contributed by atoms with Gasteiger partial charge in [-0.15, -0.1) is 0 Å². The molecule has 0 N–H and O–H groups in total. The summed E-state index contributed by atoms with van der Waals surface area (Å²) in [5.41, 5.74) is 2.95. The molecule has 0 spiro atoms. The molecular weight excluding hydrogens is 168 g/mol. The van der Waals surface area contributed by atoms with E-state index in [0.29, 0.717) is 0 Å². The van der Waals surface area contributed by atoms with Crippen molar-refractivity contribution in [2.75, 3.05) is 0 Å². The van der Waals surface area contributed by atoms with E-state index < -0.39 is 0 Å². The third kappa shape index (κ3) is 8.10. The highest BCUT2D eigenvalue weighted by Crippen LogP contribution is 2.13. The van der Waals surface area contributed by atoms with Crippen molar-refractivity contribution in [1.29, 1.82) is 0 Å². The Morgan fingerprint density at radius 1 is 1.07 bits per heavy atom. The third-order valence-electron chi connectivity index (χ3n) is 2.58. The standard InChI is InChI=1S/C12H22.C2H6/c1-6-10(3)8-9-12(5)11(4)7-2;1-2/h8-9,11H,6-7H2,1-5H3;1-2H3/b10-8+,12-9+;. The van der Waals surface area contributed by atoms with Gasteiger partial charge in [0.25, 0.3) is 0 Å². The van der Waals surface area contributed by atoms with Crippen LogP contribution in [0.3, 0.4) is 0 Å². The Morgan fingerprint density at radius 3 is 1.93 bits per heavy atom. The molecule has 0 radical (unpaired) electrons. The van der Waals surface area contributed by atoms with E-state index in [9.17, 15) is 0 Å². The Bertz CT molecular complexity index is 172. The molecule has 0 fully saturated rings. The molecule has 0 heteroatoms. The van der Waals surface area contributed by atoms with Crippen molar-refractivity contribution in [2.24, 2.45) is 5.92 Å². The molecule has 0 aliphatic rings. The molecule has 0 nitrogen and oxygen atoms in total. The monoisotopic (exact) mass is 196 g/mol. The SMILES string of the molecule is CC.CC/C(C)=C/C=C(\C)C(C)CC. The molecule has 0 amide bonds. The lowest BCUT2D eigenvalue weighted by atomic mass is 9.99. The van der Waals surface area contributed by atoms with Crippen molar-refractivity contribution in [1.82, 2.24) is 0 Å². The van der Waals surface area contributed by atoms with Crippen LogP contribution in [0.25, 0.3) is 0 Å². The van der Waals surface area contributed by atoms with Crippen LogP contribution in [0.15, 0.2) is 23.3 Å². The molecule has 0 rings (SSSR count). The molecule has 1 atom stereocenters. The summed E-state index contributed by atoms with van der Waals surface area (Å²) in [6.07, 6.45) is 6.89. The van der Waals surface area contributed by atoms with Crippen LogP contribution in [-0.4, -0.2) is 0 Å². The molecule has 0 aliphatic heterocycles. The fourth-order valence-corrected chi connectivity index (χ4v) is 0.878. The molecule has 0 bridgehead atoms. The lowest BCUT2D eigenvalue weighted by molar-refractivity contribution is 0.655. The molecule has 0 aromatic heterocycles. The summed E-state index contributed by atoms with van der Waals surface area (Å²) in [6.45, 7) is 15.1. The second kappa shape index (κ2) is 10.6. The summed E-state index contributed by atoms with van der Waals surface area (Å²) in [5, 5.41) is 0. The van der Waals surface area contributed by atoms with E-state index >= 15 is 0 Å².